The minimum atomic E-state index is -4.64. The Bertz CT molecular complexity index is 355. The van der Waals surface area contributed by atoms with Gasteiger partial charge in [-0.05, 0) is 12.1 Å². The van der Waals surface area contributed by atoms with Gasteiger partial charge in [0.2, 0.25) is 0 Å². The van der Waals surface area contributed by atoms with Gasteiger partial charge in [-0.2, -0.15) is 17.9 Å². The van der Waals surface area contributed by atoms with Crippen LogP contribution in [0.3, 0.4) is 0 Å². The number of aromatic nitrogens is 1. The van der Waals surface area contributed by atoms with Crippen LogP contribution in [0.1, 0.15) is 5.56 Å². The number of alkyl halides is 3. The number of hydrogen-bond donors (Lipinski definition) is 0. The van der Waals surface area contributed by atoms with Gasteiger partial charge in [-0.15, -0.1) is 0 Å². The van der Waals surface area contributed by atoms with Gasteiger partial charge in [0.05, 0.1) is 0 Å². The van der Waals surface area contributed by atoms with Crippen LogP contribution < -0.4 is 10.4 Å². The number of halogens is 3. The molecule has 1 aromatic rings. The smallest absolute Gasteiger partial charge is 0.414 e. The van der Waals surface area contributed by atoms with Gasteiger partial charge in [0.15, 0.2) is 0 Å². The van der Waals surface area contributed by atoms with E-state index in [1.165, 1.54) is 0 Å². The molecule has 0 bridgehead atoms. The summed E-state index contributed by atoms with van der Waals surface area (Å²) in [5.74, 6) is 0. The van der Waals surface area contributed by atoms with Crippen LogP contribution in [0.5, 0.6) is 0 Å². The lowest BCUT2D eigenvalue weighted by atomic mass is 10.3. The van der Waals surface area contributed by atoms with Crippen molar-refractivity contribution in [3.05, 3.63) is 34.2 Å². The number of hydrogen-bond acceptors (Lipinski definition) is 2. The summed E-state index contributed by atoms with van der Waals surface area (Å²) in [6, 6.07) is 1.80. The Hall–Kier alpha value is -1.46. The third-order valence-corrected chi connectivity index (χ3v) is 1.42. The lowest BCUT2D eigenvalue weighted by Crippen LogP contribution is -2.30. The molecular formula is C7H6F3NO2. The highest BCUT2D eigenvalue weighted by atomic mass is 19.4. The van der Waals surface area contributed by atoms with Crippen molar-refractivity contribution in [1.82, 2.24) is 4.73 Å². The molecule has 0 saturated carbocycles. The molecule has 3 nitrogen and oxygen atoms in total. The van der Waals surface area contributed by atoms with Gasteiger partial charge in [0, 0.05) is 6.20 Å². The van der Waals surface area contributed by atoms with Crippen molar-refractivity contribution in [2.75, 3.05) is 7.11 Å². The summed E-state index contributed by atoms with van der Waals surface area (Å²) >= 11 is 0. The monoisotopic (exact) mass is 193 g/mol. The van der Waals surface area contributed by atoms with E-state index in [1.54, 1.807) is 0 Å². The molecule has 0 spiro atoms. The Labute approximate surface area is 71.3 Å². The normalized spacial score (nSPS) is 11.4. The SMILES string of the molecule is COn1cccc(C(F)(F)F)c1=O. The topological polar surface area (TPSA) is 31.2 Å². The van der Waals surface area contributed by atoms with E-state index in [9.17, 15) is 18.0 Å². The molecule has 0 atom stereocenters. The van der Waals surface area contributed by atoms with Crippen LogP contribution in [0.2, 0.25) is 0 Å². The Morgan fingerprint density at radius 2 is 2.08 bits per heavy atom. The second kappa shape index (κ2) is 3.12. The van der Waals surface area contributed by atoms with Gasteiger partial charge in [-0.3, -0.25) is 4.79 Å². The summed E-state index contributed by atoms with van der Waals surface area (Å²) in [4.78, 5) is 15.3. The van der Waals surface area contributed by atoms with Gasteiger partial charge in [-0.25, -0.2) is 0 Å². The molecule has 0 aliphatic heterocycles. The predicted molar refractivity (Wildman–Crippen MR) is 38.2 cm³/mol. The first-order valence-corrected chi connectivity index (χ1v) is 3.30. The van der Waals surface area contributed by atoms with Crippen LogP contribution in [0.4, 0.5) is 13.2 Å². The Balaban J connectivity index is 3.33. The van der Waals surface area contributed by atoms with Crippen LogP contribution in [0.25, 0.3) is 0 Å². The van der Waals surface area contributed by atoms with E-state index in [-0.39, 0.29) is 0 Å². The second-order valence-electron chi connectivity index (χ2n) is 2.23. The first-order chi connectivity index (χ1) is 5.96. The molecule has 0 amide bonds. The number of rotatable bonds is 1. The average molecular weight is 193 g/mol. The van der Waals surface area contributed by atoms with Crippen LogP contribution in [0.15, 0.2) is 23.1 Å². The van der Waals surface area contributed by atoms with Crippen molar-refractivity contribution in [2.24, 2.45) is 0 Å². The van der Waals surface area contributed by atoms with Crippen LogP contribution >= 0.6 is 0 Å². The summed E-state index contributed by atoms with van der Waals surface area (Å²) in [6.07, 6.45) is -3.53. The van der Waals surface area contributed by atoms with Gasteiger partial charge >= 0.3 is 6.18 Å². The third kappa shape index (κ3) is 1.82. The molecule has 0 fully saturated rings. The van der Waals surface area contributed by atoms with Gasteiger partial charge in [0.1, 0.15) is 12.7 Å². The molecule has 0 aliphatic carbocycles. The lowest BCUT2D eigenvalue weighted by Gasteiger charge is -2.07. The molecule has 13 heavy (non-hydrogen) atoms. The highest BCUT2D eigenvalue weighted by molar-refractivity contribution is 5.13. The van der Waals surface area contributed by atoms with E-state index in [0.717, 1.165) is 19.4 Å². The zero-order valence-corrected chi connectivity index (χ0v) is 6.63. The van der Waals surface area contributed by atoms with Crippen molar-refractivity contribution >= 4 is 0 Å². The minimum absolute atomic E-state index is 0.517. The fourth-order valence-corrected chi connectivity index (χ4v) is 0.835. The fraction of sp³-hybridized carbons (Fsp3) is 0.286. The summed E-state index contributed by atoms with van der Waals surface area (Å²) in [5, 5.41) is 0. The summed E-state index contributed by atoms with van der Waals surface area (Å²) in [5.41, 5.74) is -2.45. The molecule has 1 aromatic heterocycles. The summed E-state index contributed by atoms with van der Waals surface area (Å²) in [6.45, 7) is 0. The largest absolute Gasteiger partial charge is 0.421 e. The highest BCUT2D eigenvalue weighted by Crippen LogP contribution is 2.25. The second-order valence-corrected chi connectivity index (χ2v) is 2.23. The first-order valence-electron chi connectivity index (χ1n) is 3.30. The zero-order valence-electron chi connectivity index (χ0n) is 6.63. The van der Waals surface area contributed by atoms with Crippen molar-refractivity contribution in [3.8, 4) is 0 Å². The van der Waals surface area contributed by atoms with Gasteiger partial charge in [-0.1, -0.05) is 0 Å². The predicted octanol–water partition coefficient (Wildman–Crippen LogP) is 0.925. The van der Waals surface area contributed by atoms with E-state index in [0.29, 0.717) is 10.8 Å². The molecule has 0 radical (unpaired) electrons. The van der Waals surface area contributed by atoms with Crippen molar-refractivity contribution in [1.29, 1.82) is 0 Å². The Morgan fingerprint density at radius 1 is 1.46 bits per heavy atom. The van der Waals surface area contributed by atoms with E-state index >= 15 is 0 Å². The molecule has 0 aromatic carbocycles. The van der Waals surface area contributed by atoms with Crippen molar-refractivity contribution in [2.45, 2.75) is 6.18 Å². The number of nitrogens with zero attached hydrogens (tertiary/aromatic N) is 1. The molecule has 72 valence electrons. The van der Waals surface area contributed by atoms with Gasteiger partial charge < -0.3 is 4.84 Å². The van der Waals surface area contributed by atoms with E-state index < -0.39 is 17.3 Å². The molecule has 0 saturated heterocycles. The quantitative estimate of drug-likeness (QED) is 0.664. The number of pyridine rings is 1. The van der Waals surface area contributed by atoms with Crippen LogP contribution in [-0.4, -0.2) is 11.8 Å². The van der Waals surface area contributed by atoms with E-state index in [2.05, 4.69) is 4.84 Å². The van der Waals surface area contributed by atoms with Crippen molar-refractivity contribution in [3.63, 3.8) is 0 Å². The van der Waals surface area contributed by atoms with Crippen LogP contribution in [-0.2, 0) is 6.18 Å². The standard InChI is InChI=1S/C7H6F3NO2/c1-13-11-4-2-3-5(6(11)12)7(8,9)10/h2-4H,1H3. The van der Waals surface area contributed by atoms with E-state index in [4.69, 9.17) is 0 Å². The molecule has 0 N–H and O–H groups in total. The third-order valence-electron chi connectivity index (χ3n) is 1.42. The molecule has 1 rings (SSSR count). The molecule has 1 heterocycles. The maximum absolute atomic E-state index is 12.1. The molecular weight excluding hydrogens is 187 g/mol. The summed E-state index contributed by atoms with van der Waals surface area (Å²) < 4.78 is 36.8. The fourth-order valence-electron chi connectivity index (χ4n) is 0.835. The van der Waals surface area contributed by atoms with Crippen LogP contribution in [0, 0.1) is 0 Å². The maximum Gasteiger partial charge on any atom is 0.421 e. The highest BCUT2D eigenvalue weighted by Gasteiger charge is 2.34. The molecule has 0 aliphatic rings. The summed E-state index contributed by atoms with van der Waals surface area (Å²) in [7, 11) is 1.11. The minimum Gasteiger partial charge on any atom is -0.414 e. The van der Waals surface area contributed by atoms with E-state index in [1.807, 2.05) is 0 Å². The average Bonchev–Trinajstić information content (AvgIpc) is 2.02. The maximum atomic E-state index is 12.1. The zero-order chi connectivity index (χ0) is 10.1. The van der Waals surface area contributed by atoms with Crippen molar-refractivity contribution < 1.29 is 18.0 Å². The first kappa shape index (κ1) is 9.63. The lowest BCUT2D eigenvalue weighted by molar-refractivity contribution is -0.139. The molecule has 0 unspecified atom stereocenters. The van der Waals surface area contributed by atoms with Gasteiger partial charge in [0.25, 0.3) is 5.56 Å². The molecule has 6 heteroatoms. The Morgan fingerprint density at radius 3 is 2.54 bits per heavy atom. The Kier molecular flexibility index (Phi) is 2.31.